The van der Waals surface area contributed by atoms with Gasteiger partial charge in [-0.05, 0) is 23.3 Å². The van der Waals surface area contributed by atoms with Crippen molar-refractivity contribution in [3.05, 3.63) is 65.2 Å². The number of benzene rings is 2. The number of carbonyl (C=O) groups is 1. The molecular formula is C15H13F2NO3. The zero-order valence-corrected chi connectivity index (χ0v) is 11.0. The molecule has 2 aromatic carbocycles. The summed E-state index contributed by atoms with van der Waals surface area (Å²) in [6.07, 6.45) is -0.701. The maximum absolute atomic E-state index is 13.1. The zero-order chi connectivity index (χ0) is 15.2. The lowest BCUT2D eigenvalue weighted by atomic mass is 10.2. The van der Waals surface area contributed by atoms with E-state index in [2.05, 4.69) is 5.32 Å². The number of amides is 1. The van der Waals surface area contributed by atoms with Gasteiger partial charge < -0.3 is 15.2 Å². The summed E-state index contributed by atoms with van der Waals surface area (Å²) in [5, 5.41) is 11.3. The van der Waals surface area contributed by atoms with Gasteiger partial charge in [-0.1, -0.05) is 30.3 Å². The highest BCUT2D eigenvalue weighted by atomic mass is 19.1. The minimum absolute atomic E-state index is 0.102. The quantitative estimate of drug-likeness (QED) is 0.910. The van der Waals surface area contributed by atoms with Gasteiger partial charge in [0, 0.05) is 6.54 Å². The molecule has 4 nitrogen and oxygen atoms in total. The molecule has 2 aromatic rings. The first-order valence-corrected chi connectivity index (χ1v) is 6.17. The van der Waals surface area contributed by atoms with E-state index in [4.69, 9.17) is 9.84 Å². The van der Waals surface area contributed by atoms with Crippen LogP contribution in [0.3, 0.4) is 0 Å². The van der Waals surface area contributed by atoms with E-state index in [1.54, 1.807) is 12.1 Å². The van der Waals surface area contributed by atoms with Crippen molar-refractivity contribution < 1.29 is 23.4 Å². The van der Waals surface area contributed by atoms with E-state index in [1.165, 1.54) is 0 Å². The molecule has 0 aromatic heterocycles. The molecule has 2 rings (SSSR count). The summed E-state index contributed by atoms with van der Waals surface area (Å²) in [5.74, 6) is -3.20. The van der Waals surface area contributed by atoms with E-state index < -0.39 is 23.5 Å². The van der Waals surface area contributed by atoms with Crippen molar-refractivity contribution >= 4 is 6.09 Å². The van der Waals surface area contributed by atoms with Gasteiger partial charge >= 0.3 is 6.09 Å². The van der Waals surface area contributed by atoms with Gasteiger partial charge in [-0.25, -0.2) is 13.6 Å². The average molecular weight is 293 g/mol. The monoisotopic (exact) mass is 293 g/mol. The fourth-order valence-electron chi connectivity index (χ4n) is 1.67. The molecule has 0 heterocycles. The highest BCUT2D eigenvalue weighted by molar-refractivity contribution is 5.67. The largest absolute Gasteiger partial charge is 0.503 e. The van der Waals surface area contributed by atoms with Crippen molar-refractivity contribution in [2.45, 2.75) is 13.2 Å². The lowest BCUT2D eigenvalue weighted by Gasteiger charge is -2.08. The summed E-state index contributed by atoms with van der Waals surface area (Å²) >= 11 is 0. The van der Waals surface area contributed by atoms with Crippen molar-refractivity contribution in [3.63, 3.8) is 0 Å². The first-order valence-electron chi connectivity index (χ1n) is 6.17. The predicted octanol–water partition coefficient (Wildman–Crippen LogP) is 3.10. The SMILES string of the molecule is O=C(NCc1cc(F)c(O)c(F)c1)OCc1ccccc1. The van der Waals surface area contributed by atoms with Crippen LogP contribution < -0.4 is 5.32 Å². The maximum Gasteiger partial charge on any atom is 0.407 e. The number of halogens is 2. The summed E-state index contributed by atoms with van der Waals surface area (Å²) in [7, 11) is 0. The van der Waals surface area contributed by atoms with E-state index in [-0.39, 0.29) is 18.7 Å². The number of hydrogen-bond acceptors (Lipinski definition) is 3. The van der Waals surface area contributed by atoms with Gasteiger partial charge in [0.05, 0.1) is 0 Å². The Balaban J connectivity index is 1.84. The van der Waals surface area contributed by atoms with Crippen LogP contribution in [-0.4, -0.2) is 11.2 Å². The normalized spacial score (nSPS) is 10.2. The Labute approximate surface area is 120 Å². The molecule has 0 bridgehead atoms. The predicted molar refractivity (Wildman–Crippen MR) is 71.5 cm³/mol. The van der Waals surface area contributed by atoms with E-state index >= 15 is 0 Å². The number of aromatic hydroxyl groups is 1. The summed E-state index contributed by atoms with van der Waals surface area (Å²) in [5.41, 5.74) is 1.01. The molecule has 0 atom stereocenters. The molecule has 0 radical (unpaired) electrons. The van der Waals surface area contributed by atoms with Crippen LogP contribution in [0.2, 0.25) is 0 Å². The van der Waals surface area contributed by atoms with Gasteiger partial charge in [0.1, 0.15) is 6.61 Å². The highest BCUT2D eigenvalue weighted by Gasteiger charge is 2.10. The molecule has 0 saturated heterocycles. The number of phenols is 1. The van der Waals surface area contributed by atoms with Gasteiger partial charge in [0.25, 0.3) is 0 Å². The van der Waals surface area contributed by atoms with Crippen LogP contribution in [0.5, 0.6) is 5.75 Å². The van der Waals surface area contributed by atoms with E-state index in [1.807, 2.05) is 18.2 Å². The standard InChI is InChI=1S/C15H13F2NO3/c16-12-6-11(7-13(17)14(12)19)8-18-15(20)21-9-10-4-2-1-3-5-10/h1-7,19H,8-9H2,(H,18,20). The van der Waals surface area contributed by atoms with Crippen molar-refractivity contribution in [3.8, 4) is 5.75 Å². The van der Waals surface area contributed by atoms with Crippen LogP contribution in [0, 0.1) is 11.6 Å². The molecule has 2 N–H and O–H groups in total. The molecule has 0 spiro atoms. The first-order chi connectivity index (χ1) is 10.1. The van der Waals surface area contributed by atoms with Crippen LogP contribution in [0.25, 0.3) is 0 Å². The third kappa shape index (κ3) is 4.17. The zero-order valence-electron chi connectivity index (χ0n) is 11.0. The Hall–Kier alpha value is -2.63. The molecule has 0 saturated carbocycles. The molecule has 0 aliphatic heterocycles. The number of nitrogens with one attached hydrogen (secondary N) is 1. The minimum atomic E-state index is -1.08. The number of carbonyl (C=O) groups excluding carboxylic acids is 1. The van der Waals surface area contributed by atoms with Crippen LogP contribution in [0.4, 0.5) is 13.6 Å². The maximum atomic E-state index is 13.1. The Morgan fingerprint density at radius 1 is 1.10 bits per heavy atom. The minimum Gasteiger partial charge on any atom is -0.503 e. The van der Waals surface area contributed by atoms with Crippen LogP contribution in [0.15, 0.2) is 42.5 Å². The summed E-state index contributed by atoms with van der Waals surface area (Å²) in [4.78, 5) is 11.5. The summed E-state index contributed by atoms with van der Waals surface area (Å²) in [6, 6.07) is 11.0. The van der Waals surface area contributed by atoms with Crippen LogP contribution >= 0.6 is 0 Å². The van der Waals surface area contributed by atoms with Gasteiger partial charge in [-0.15, -0.1) is 0 Å². The Kier molecular flexibility index (Phi) is 4.71. The number of rotatable bonds is 4. The van der Waals surface area contributed by atoms with Crippen molar-refractivity contribution in [2.75, 3.05) is 0 Å². The lowest BCUT2D eigenvalue weighted by molar-refractivity contribution is 0.139. The molecule has 0 fully saturated rings. The van der Waals surface area contributed by atoms with Gasteiger partial charge in [-0.3, -0.25) is 0 Å². The second-order valence-corrected chi connectivity index (χ2v) is 4.32. The Morgan fingerprint density at radius 3 is 2.33 bits per heavy atom. The van der Waals surface area contributed by atoms with Crippen molar-refractivity contribution in [1.82, 2.24) is 5.32 Å². The molecule has 0 unspecified atom stereocenters. The second-order valence-electron chi connectivity index (χ2n) is 4.32. The average Bonchev–Trinajstić information content (AvgIpc) is 2.49. The van der Waals surface area contributed by atoms with Crippen molar-refractivity contribution in [1.29, 1.82) is 0 Å². The third-order valence-electron chi connectivity index (χ3n) is 2.73. The molecule has 21 heavy (non-hydrogen) atoms. The number of alkyl carbamates (subject to hydrolysis) is 1. The van der Waals surface area contributed by atoms with E-state index in [0.29, 0.717) is 0 Å². The first kappa shape index (κ1) is 14.8. The Bertz CT molecular complexity index is 609. The van der Waals surface area contributed by atoms with Crippen LogP contribution in [-0.2, 0) is 17.9 Å². The molecule has 1 amide bonds. The third-order valence-corrected chi connectivity index (χ3v) is 2.73. The fourth-order valence-corrected chi connectivity index (χ4v) is 1.67. The number of ether oxygens (including phenoxy) is 1. The topological polar surface area (TPSA) is 58.6 Å². The van der Waals surface area contributed by atoms with Crippen molar-refractivity contribution in [2.24, 2.45) is 0 Å². The van der Waals surface area contributed by atoms with Gasteiger partial charge in [0.15, 0.2) is 17.4 Å². The number of phenolic OH excluding ortho intramolecular Hbond substituents is 1. The molecule has 6 heteroatoms. The smallest absolute Gasteiger partial charge is 0.407 e. The van der Waals surface area contributed by atoms with Crippen LogP contribution in [0.1, 0.15) is 11.1 Å². The lowest BCUT2D eigenvalue weighted by Crippen LogP contribution is -2.23. The second kappa shape index (κ2) is 6.69. The van der Waals surface area contributed by atoms with Gasteiger partial charge in [0.2, 0.25) is 0 Å². The van der Waals surface area contributed by atoms with Gasteiger partial charge in [-0.2, -0.15) is 0 Å². The summed E-state index contributed by atoms with van der Waals surface area (Å²) < 4.78 is 31.1. The number of hydrogen-bond donors (Lipinski definition) is 2. The highest BCUT2D eigenvalue weighted by Crippen LogP contribution is 2.21. The molecule has 0 aliphatic carbocycles. The molecule has 0 aliphatic rings. The Morgan fingerprint density at radius 2 is 1.71 bits per heavy atom. The fraction of sp³-hybridized carbons (Fsp3) is 0.133. The summed E-state index contributed by atoms with van der Waals surface area (Å²) in [6.45, 7) is -0.00723. The van der Waals surface area contributed by atoms with E-state index in [0.717, 1.165) is 17.7 Å². The van der Waals surface area contributed by atoms with E-state index in [9.17, 15) is 13.6 Å². The molecule has 110 valence electrons. The molecular weight excluding hydrogens is 280 g/mol.